The zero-order valence-electron chi connectivity index (χ0n) is 17.1. The Kier molecular flexibility index (Phi) is 6.56. The van der Waals surface area contributed by atoms with Gasteiger partial charge < -0.3 is 16.0 Å². The van der Waals surface area contributed by atoms with Gasteiger partial charge in [0.25, 0.3) is 5.91 Å². The molecule has 0 aromatic heterocycles. The second kappa shape index (κ2) is 9.29. The molecular formula is C24H28N4O. The van der Waals surface area contributed by atoms with Crippen molar-refractivity contribution in [3.63, 3.8) is 0 Å². The molecule has 29 heavy (non-hydrogen) atoms. The standard InChI is InChI=1S/C24H28N4O/c1-17-9-10-20(24(29)28(2)22-7-3-4-8-22)16-19(17)6-5-15-27-21-13-11-18(12-14-21)23(25)26/h9-14,16,22,27H,3-4,7-8,15H2,1-2H3,(H3,25,26). The minimum Gasteiger partial charge on any atom is -0.384 e. The molecule has 4 N–H and O–H groups in total. The summed E-state index contributed by atoms with van der Waals surface area (Å²) >= 11 is 0. The van der Waals surface area contributed by atoms with Crippen molar-refractivity contribution in [2.75, 3.05) is 18.9 Å². The van der Waals surface area contributed by atoms with Gasteiger partial charge in [-0.15, -0.1) is 0 Å². The lowest BCUT2D eigenvalue weighted by Gasteiger charge is -2.24. The number of nitrogen functional groups attached to an aromatic ring is 1. The van der Waals surface area contributed by atoms with E-state index in [1.54, 1.807) is 12.1 Å². The molecule has 3 rings (SSSR count). The number of benzene rings is 2. The van der Waals surface area contributed by atoms with Gasteiger partial charge in [0.2, 0.25) is 0 Å². The molecule has 0 aliphatic heterocycles. The van der Waals surface area contributed by atoms with Gasteiger partial charge >= 0.3 is 0 Å². The highest BCUT2D eigenvalue weighted by Crippen LogP contribution is 2.24. The van der Waals surface area contributed by atoms with Crippen LogP contribution in [0.25, 0.3) is 0 Å². The van der Waals surface area contributed by atoms with Crippen LogP contribution in [-0.4, -0.2) is 36.3 Å². The number of carbonyl (C=O) groups is 1. The Hall–Kier alpha value is -3.26. The van der Waals surface area contributed by atoms with E-state index >= 15 is 0 Å². The first-order valence-corrected chi connectivity index (χ1v) is 10.0. The largest absolute Gasteiger partial charge is 0.384 e. The van der Waals surface area contributed by atoms with Crippen LogP contribution in [0.3, 0.4) is 0 Å². The first-order chi connectivity index (χ1) is 14.0. The van der Waals surface area contributed by atoms with Crippen LogP contribution in [0.2, 0.25) is 0 Å². The third-order valence-corrected chi connectivity index (χ3v) is 5.48. The predicted molar refractivity (Wildman–Crippen MR) is 118 cm³/mol. The molecule has 2 aromatic rings. The number of nitrogens with two attached hydrogens (primary N) is 1. The molecule has 1 aliphatic rings. The van der Waals surface area contributed by atoms with Crippen LogP contribution < -0.4 is 11.1 Å². The second-order valence-corrected chi connectivity index (χ2v) is 7.53. The number of rotatable bonds is 5. The number of carbonyl (C=O) groups excluding carboxylic acids is 1. The zero-order chi connectivity index (χ0) is 20.8. The van der Waals surface area contributed by atoms with Crippen molar-refractivity contribution in [1.82, 2.24) is 4.90 Å². The monoisotopic (exact) mass is 388 g/mol. The van der Waals surface area contributed by atoms with E-state index in [1.165, 1.54) is 12.8 Å². The van der Waals surface area contributed by atoms with Gasteiger partial charge in [-0.3, -0.25) is 10.2 Å². The van der Waals surface area contributed by atoms with Crippen molar-refractivity contribution >= 4 is 17.4 Å². The van der Waals surface area contributed by atoms with E-state index in [2.05, 4.69) is 17.2 Å². The SMILES string of the molecule is Cc1ccc(C(=O)N(C)C2CCCC2)cc1C#CCNc1ccc(C(=N)N)cc1. The Balaban J connectivity index is 1.64. The summed E-state index contributed by atoms with van der Waals surface area (Å²) in [6, 6.07) is 13.5. The summed E-state index contributed by atoms with van der Waals surface area (Å²) in [6.45, 7) is 2.49. The van der Waals surface area contributed by atoms with Gasteiger partial charge in [-0.05, 0) is 61.7 Å². The summed E-state index contributed by atoms with van der Waals surface area (Å²) < 4.78 is 0. The molecule has 0 spiro atoms. The first kappa shape index (κ1) is 20.5. The Bertz CT molecular complexity index is 947. The number of hydrogen-bond acceptors (Lipinski definition) is 3. The van der Waals surface area contributed by atoms with Crippen molar-refractivity contribution in [2.45, 2.75) is 38.6 Å². The lowest BCUT2D eigenvalue weighted by Crippen LogP contribution is -2.35. The normalized spacial score (nSPS) is 13.4. The van der Waals surface area contributed by atoms with Crippen molar-refractivity contribution in [3.05, 3.63) is 64.7 Å². The minimum absolute atomic E-state index is 0.0554. The van der Waals surface area contributed by atoms with E-state index in [1.807, 2.05) is 49.2 Å². The molecule has 150 valence electrons. The molecule has 0 heterocycles. The molecule has 2 aromatic carbocycles. The van der Waals surface area contributed by atoms with Crippen LogP contribution in [0.1, 0.15) is 52.7 Å². The molecule has 1 amide bonds. The average molecular weight is 389 g/mol. The fraction of sp³-hybridized carbons (Fsp3) is 0.333. The molecule has 5 nitrogen and oxygen atoms in total. The maximum atomic E-state index is 12.8. The van der Waals surface area contributed by atoms with Crippen LogP contribution in [0.5, 0.6) is 0 Å². The van der Waals surface area contributed by atoms with E-state index in [4.69, 9.17) is 11.1 Å². The third-order valence-electron chi connectivity index (χ3n) is 5.48. The van der Waals surface area contributed by atoms with E-state index in [0.29, 0.717) is 23.7 Å². The van der Waals surface area contributed by atoms with Crippen LogP contribution in [0, 0.1) is 24.2 Å². The molecule has 0 unspecified atom stereocenters. The van der Waals surface area contributed by atoms with E-state index < -0.39 is 0 Å². The number of nitrogens with zero attached hydrogens (tertiary/aromatic N) is 1. The molecule has 5 heteroatoms. The topological polar surface area (TPSA) is 82.2 Å². The Labute approximate surface area is 172 Å². The molecule has 0 atom stereocenters. The molecule has 1 aliphatic carbocycles. The molecule has 1 fully saturated rings. The summed E-state index contributed by atoms with van der Waals surface area (Å²) in [5.41, 5.74) is 9.71. The van der Waals surface area contributed by atoms with E-state index in [0.717, 1.165) is 29.7 Å². The van der Waals surface area contributed by atoms with Crippen LogP contribution in [0.15, 0.2) is 42.5 Å². The number of amidine groups is 1. The Morgan fingerprint density at radius 1 is 1.17 bits per heavy atom. The van der Waals surface area contributed by atoms with Gasteiger partial charge in [-0.1, -0.05) is 30.7 Å². The number of anilines is 1. The highest BCUT2D eigenvalue weighted by molar-refractivity contribution is 5.95. The number of aryl methyl sites for hydroxylation is 1. The minimum atomic E-state index is 0.0554. The van der Waals surface area contributed by atoms with E-state index in [9.17, 15) is 4.79 Å². The molecule has 1 saturated carbocycles. The molecular weight excluding hydrogens is 360 g/mol. The quantitative estimate of drug-likeness (QED) is 0.414. The Morgan fingerprint density at radius 3 is 2.48 bits per heavy atom. The highest BCUT2D eigenvalue weighted by atomic mass is 16.2. The fourth-order valence-electron chi connectivity index (χ4n) is 3.60. The van der Waals surface area contributed by atoms with Crippen LogP contribution in [-0.2, 0) is 0 Å². The third kappa shape index (κ3) is 5.17. The number of amides is 1. The molecule has 0 bridgehead atoms. The van der Waals surface area contributed by atoms with Crippen molar-refractivity contribution in [1.29, 1.82) is 5.41 Å². The van der Waals surface area contributed by atoms with Crippen LogP contribution in [0.4, 0.5) is 5.69 Å². The van der Waals surface area contributed by atoms with E-state index in [-0.39, 0.29) is 11.7 Å². The summed E-state index contributed by atoms with van der Waals surface area (Å²) in [7, 11) is 1.91. The Morgan fingerprint density at radius 2 is 1.83 bits per heavy atom. The lowest BCUT2D eigenvalue weighted by molar-refractivity contribution is 0.0735. The first-order valence-electron chi connectivity index (χ1n) is 10.0. The molecule has 0 saturated heterocycles. The predicted octanol–water partition coefficient (Wildman–Crippen LogP) is 3.76. The number of hydrogen-bond donors (Lipinski definition) is 3. The van der Waals surface area contributed by atoms with Gasteiger partial charge in [0.05, 0.1) is 6.54 Å². The van der Waals surface area contributed by atoms with Gasteiger partial charge in [-0.2, -0.15) is 0 Å². The summed E-state index contributed by atoms with van der Waals surface area (Å²) in [6.07, 6.45) is 4.61. The second-order valence-electron chi connectivity index (χ2n) is 7.53. The lowest BCUT2D eigenvalue weighted by atomic mass is 10.0. The highest BCUT2D eigenvalue weighted by Gasteiger charge is 2.24. The van der Waals surface area contributed by atoms with Gasteiger partial charge in [0.15, 0.2) is 0 Å². The summed E-state index contributed by atoms with van der Waals surface area (Å²) in [5, 5.41) is 10.7. The van der Waals surface area contributed by atoms with Gasteiger partial charge in [-0.25, -0.2) is 0 Å². The zero-order valence-corrected chi connectivity index (χ0v) is 17.1. The molecule has 0 radical (unpaired) electrons. The van der Waals surface area contributed by atoms with Crippen molar-refractivity contribution < 1.29 is 4.79 Å². The summed E-state index contributed by atoms with van der Waals surface area (Å²) in [5.74, 6) is 6.43. The van der Waals surface area contributed by atoms with Gasteiger partial charge in [0.1, 0.15) is 5.84 Å². The van der Waals surface area contributed by atoms with Gasteiger partial charge in [0, 0.05) is 35.5 Å². The van der Waals surface area contributed by atoms with Crippen molar-refractivity contribution in [3.8, 4) is 11.8 Å². The smallest absolute Gasteiger partial charge is 0.253 e. The van der Waals surface area contributed by atoms with Crippen molar-refractivity contribution in [2.24, 2.45) is 5.73 Å². The maximum Gasteiger partial charge on any atom is 0.253 e. The summed E-state index contributed by atoms with van der Waals surface area (Å²) in [4.78, 5) is 14.7. The average Bonchev–Trinajstić information content (AvgIpc) is 3.26. The maximum absolute atomic E-state index is 12.8. The van der Waals surface area contributed by atoms with Crippen LogP contribution >= 0.6 is 0 Å². The fourth-order valence-corrected chi connectivity index (χ4v) is 3.60. The number of nitrogens with one attached hydrogen (secondary N) is 2.